The van der Waals surface area contributed by atoms with Crippen LogP contribution in [0.5, 0.6) is 0 Å². The van der Waals surface area contributed by atoms with Crippen LogP contribution in [0.25, 0.3) is 11.1 Å². The average molecular weight is 437 g/mol. The number of nitrogens with zero attached hydrogens (tertiary/aromatic N) is 2. The van der Waals surface area contributed by atoms with Crippen molar-refractivity contribution in [3.63, 3.8) is 0 Å². The number of aryl methyl sites for hydroxylation is 2. The predicted octanol–water partition coefficient (Wildman–Crippen LogP) is 5.83. The maximum Gasteiger partial charge on any atom is 0.226 e. The first-order valence-corrected chi connectivity index (χ1v) is 10.5. The lowest BCUT2D eigenvalue weighted by Gasteiger charge is -2.19. The van der Waals surface area contributed by atoms with Crippen LogP contribution in [-0.2, 0) is 11.2 Å². The molecular weight excluding hydrogens is 410 g/mol. The third-order valence-corrected chi connectivity index (χ3v) is 5.70. The Morgan fingerprint density at radius 2 is 1.66 bits per heavy atom. The molecule has 0 radical (unpaired) electrons. The van der Waals surface area contributed by atoms with Crippen LogP contribution in [0.1, 0.15) is 46.9 Å². The smallest absolute Gasteiger partial charge is 0.226 e. The molecular formula is C26H26F2N2O2. The Morgan fingerprint density at radius 1 is 0.969 bits per heavy atom. The van der Waals surface area contributed by atoms with Gasteiger partial charge in [0.1, 0.15) is 5.82 Å². The molecule has 0 unspecified atom stereocenters. The number of amides is 1. The van der Waals surface area contributed by atoms with Crippen LogP contribution in [0.15, 0.2) is 48.5 Å². The second-order valence-electron chi connectivity index (χ2n) is 7.76. The summed E-state index contributed by atoms with van der Waals surface area (Å²) >= 11 is 0. The van der Waals surface area contributed by atoms with Crippen LogP contribution < -0.4 is 4.90 Å². The Hall–Kier alpha value is -3.41. The van der Waals surface area contributed by atoms with Gasteiger partial charge in [0.2, 0.25) is 11.9 Å². The molecule has 0 spiro atoms. The molecule has 0 saturated heterocycles. The van der Waals surface area contributed by atoms with Gasteiger partial charge in [0, 0.05) is 31.1 Å². The van der Waals surface area contributed by atoms with E-state index in [9.17, 15) is 18.4 Å². The highest BCUT2D eigenvalue weighted by Gasteiger charge is 2.18. The minimum Gasteiger partial charge on any atom is -0.313 e. The molecule has 1 amide bonds. The van der Waals surface area contributed by atoms with Crippen LogP contribution in [0.4, 0.5) is 14.5 Å². The maximum atomic E-state index is 14.9. The van der Waals surface area contributed by atoms with E-state index in [4.69, 9.17) is 0 Å². The zero-order valence-corrected chi connectivity index (χ0v) is 18.7. The molecule has 1 aromatic heterocycles. The largest absolute Gasteiger partial charge is 0.313 e. The highest BCUT2D eigenvalue weighted by atomic mass is 19.1. The first kappa shape index (κ1) is 23.3. The third kappa shape index (κ3) is 4.90. The van der Waals surface area contributed by atoms with Gasteiger partial charge in [-0.15, -0.1) is 0 Å². The second kappa shape index (κ2) is 9.81. The minimum absolute atomic E-state index is 0.0294. The monoisotopic (exact) mass is 436 g/mol. The summed E-state index contributed by atoms with van der Waals surface area (Å²) in [7, 11) is 1.56. The van der Waals surface area contributed by atoms with Crippen molar-refractivity contribution in [2.24, 2.45) is 0 Å². The molecule has 4 nitrogen and oxygen atoms in total. The van der Waals surface area contributed by atoms with Gasteiger partial charge in [-0.2, -0.15) is 4.39 Å². The van der Waals surface area contributed by atoms with E-state index < -0.39 is 11.8 Å². The molecule has 1 heterocycles. The Kier molecular flexibility index (Phi) is 7.13. The Bertz CT molecular complexity index is 1160. The normalized spacial score (nSPS) is 10.8. The molecule has 166 valence electrons. The summed E-state index contributed by atoms with van der Waals surface area (Å²) in [5.41, 5.74) is 4.16. The van der Waals surface area contributed by atoms with E-state index in [1.165, 1.54) is 11.0 Å². The zero-order valence-electron chi connectivity index (χ0n) is 18.7. The van der Waals surface area contributed by atoms with Crippen LogP contribution in [0.3, 0.4) is 0 Å². The van der Waals surface area contributed by atoms with E-state index in [0.29, 0.717) is 35.2 Å². The lowest BCUT2D eigenvalue weighted by molar-refractivity contribution is -0.118. The number of pyridine rings is 1. The van der Waals surface area contributed by atoms with Gasteiger partial charge in [-0.1, -0.05) is 43.3 Å². The molecule has 2 aromatic carbocycles. The van der Waals surface area contributed by atoms with E-state index >= 15 is 0 Å². The van der Waals surface area contributed by atoms with Gasteiger partial charge in [0.25, 0.3) is 0 Å². The molecule has 0 aliphatic heterocycles. The Labute approximate surface area is 186 Å². The van der Waals surface area contributed by atoms with Crippen LogP contribution in [0.2, 0.25) is 0 Å². The number of hydrogen-bond donors (Lipinski definition) is 0. The number of rotatable bonds is 7. The van der Waals surface area contributed by atoms with E-state index in [1.807, 2.05) is 0 Å². The molecule has 0 atom stereocenters. The summed E-state index contributed by atoms with van der Waals surface area (Å²) in [5, 5.41) is 0. The number of Topliss-reactive ketones (excluding diaryl/α,β-unsaturated/α-hetero) is 1. The number of ketones is 1. The third-order valence-electron chi connectivity index (χ3n) is 5.70. The van der Waals surface area contributed by atoms with E-state index in [0.717, 1.165) is 11.1 Å². The number of carbonyl (C=O) groups is 2. The molecule has 0 fully saturated rings. The van der Waals surface area contributed by atoms with Crippen molar-refractivity contribution in [3.8, 4) is 11.1 Å². The zero-order chi connectivity index (χ0) is 23.4. The summed E-state index contributed by atoms with van der Waals surface area (Å²) in [6, 6.07) is 13.4. The minimum atomic E-state index is -0.531. The van der Waals surface area contributed by atoms with Crippen molar-refractivity contribution in [3.05, 3.63) is 82.7 Å². The lowest BCUT2D eigenvalue weighted by atomic mass is 9.96. The second-order valence-corrected chi connectivity index (χ2v) is 7.76. The number of anilines is 1. The van der Waals surface area contributed by atoms with Crippen LogP contribution >= 0.6 is 0 Å². The van der Waals surface area contributed by atoms with Crippen molar-refractivity contribution in [2.75, 3.05) is 11.9 Å². The summed E-state index contributed by atoms with van der Waals surface area (Å²) < 4.78 is 28.1. The predicted molar refractivity (Wildman–Crippen MR) is 122 cm³/mol. The van der Waals surface area contributed by atoms with Gasteiger partial charge in [0.05, 0.1) is 5.69 Å². The quantitative estimate of drug-likeness (QED) is 0.346. The number of hydrogen-bond acceptors (Lipinski definition) is 3. The van der Waals surface area contributed by atoms with Crippen LogP contribution in [0, 0.1) is 25.6 Å². The topological polar surface area (TPSA) is 50.3 Å². The Balaban J connectivity index is 1.75. The average Bonchev–Trinajstić information content (AvgIpc) is 2.79. The van der Waals surface area contributed by atoms with E-state index in [2.05, 4.69) is 4.98 Å². The lowest BCUT2D eigenvalue weighted by Crippen LogP contribution is -2.26. The van der Waals surface area contributed by atoms with Crippen molar-refractivity contribution in [2.45, 2.75) is 40.0 Å². The summed E-state index contributed by atoms with van der Waals surface area (Å²) in [6.07, 6.45) is 1.06. The number of benzene rings is 2. The molecule has 3 rings (SSSR count). The van der Waals surface area contributed by atoms with Gasteiger partial charge in [-0.25, -0.2) is 9.37 Å². The first-order valence-electron chi connectivity index (χ1n) is 10.5. The fourth-order valence-corrected chi connectivity index (χ4v) is 3.67. The molecule has 32 heavy (non-hydrogen) atoms. The maximum absolute atomic E-state index is 14.9. The van der Waals surface area contributed by atoms with Gasteiger partial charge >= 0.3 is 0 Å². The van der Waals surface area contributed by atoms with Crippen molar-refractivity contribution in [1.29, 1.82) is 0 Å². The summed E-state index contributed by atoms with van der Waals surface area (Å²) in [6.45, 7) is 5.13. The molecule has 0 saturated carbocycles. The molecule has 6 heteroatoms. The van der Waals surface area contributed by atoms with Gasteiger partial charge in [-0.3, -0.25) is 9.59 Å². The first-order chi connectivity index (χ1) is 15.2. The fourth-order valence-electron chi connectivity index (χ4n) is 3.67. The van der Waals surface area contributed by atoms with Crippen molar-refractivity contribution >= 4 is 17.4 Å². The molecule has 0 aliphatic carbocycles. The molecule has 3 aromatic rings. The van der Waals surface area contributed by atoms with E-state index in [1.54, 1.807) is 70.3 Å². The molecule has 0 bridgehead atoms. The van der Waals surface area contributed by atoms with Gasteiger partial charge in [-0.05, 0) is 54.7 Å². The Morgan fingerprint density at radius 3 is 2.28 bits per heavy atom. The summed E-state index contributed by atoms with van der Waals surface area (Å²) in [5.74, 6) is -1.16. The summed E-state index contributed by atoms with van der Waals surface area (Å²) in [4.78, 5) is 29.6. The van der Waals surface area contributed by atoms with Crippen molar-refractivity contribution < 1.29 is 18.4 Å². The highest BCUT2D eigenvalue weighted by Crippen LogP contribution is 2.31. The highest BCUT2D eigenvalue weighted by molar-refractivity contribution is 5.97. The molecule has 0 aliphatic rings. The van der Waals surface area contributed by atoms with Crippen LogP contribution in [-0.4, -0.2) is 23.7 Å². The van der Waals surface area contributed by atoms with Gasteiger partial charge in [0.15, 0.2) is 5.78 Å². The number of carbonyl (C=O) groups excluding carboxylic acids is 2. The number of halogens is 2. The van der Waals surface area contributed by atoms with E-state index in [-0.39, 0.29) is 23.8 Å². The standard InChI is InChI=1S/C26H26F2N2O2/c1-5-25(32)30(4)22-13-12-21(16(2)26(22)28)19-6-8-20(9-7-19)23(31)14-10-18-11-15-24(27)29-17(18)3/h6-9,11-13,15H,5,10,14H2,1-4H3. The van der Waals surface area contributed by atoms with Gasteiger partial charge < -0.3 is 4.90 Å². The number of aromatic nitrogens is 1. The SMILES string of the molecule is CCC(=O)N(C)c1ccc(-c2ccc(C(=O)CCc3ccc(F)nc3C)cc2)c(C)c1F. The molecule has 0 N–H and O–H groups in total. The van der Waals surface area contributed by atoms with Crippen molar-refractivity contribution in [1.82, 2.24) is 4.98 Å². The fraction of sp³-hybridized carbons (Fsp3) is 0.269.